The van der Waals surface area contributed by atoms with Gasteiger partial charge in [0.05, 0.1) is 15.4 Å². The van der Waals surface area contributed by atoms with Gasteiger partial charge in [-0.15, -0.1) is 0 Å². The van der Waals surface area contributed by atoms with Crippen molar-refractivity contribution in [2.75, 3.05) is 6.26 Å². The SMILES string of the molecule is CS(=O)(=Nc1cccc2ccccc12)c1ccccc1. The van der Waals surface area contributed by atoms with Crippen LogP contribution in [0.4, 0.5) is 5.69 Å². The van der Waals surface area contributed by atoms with Crippen LogP contribution in [0.2, 0.25) is 0 Å². The quantitative estimate of drug-likeness (QED) is 0.673. The van der Waals surface area contributed by atoms with Gasteiger partial charge in [-0.3, -0.25) is 0 Å². The summed E-state index contributed by atoms with van der Waals surface area (Å²) in [5.74, 6) is 0. The van der Waals surface area contributed by atoms with Gasteiger partial charge in [-0.05, 0) is 23.6 Å². The first kappa shape index (κ1) is 12.9. The highest BCUT2D eigenvalue weighted by Crippen LogP contribution is 2.28. The van der Waals surface area contributed by atoms with Crippen LogP contribution in [-0.2, 0) is 9.73 Å². The highest BCUT2D eigenvalue weighted by molar-refractivity contribution is 7.93. The van der Waals surface area contributed by atoms with Gasteiger partial charge >= 0.3 is 0 Å². The number of hydrogen-bond donors (Lipinski definition) is 0. The van der Waals surface area contributed by atoms with E-state index in [0.717, 1.165) is 21.4 Å². The smallest absolute Gasteiger partial charge is 0.0811 e. The highest BCUT2D eigenvalue weighted by atomic mass is 32.2. The van der Waals surface area contributed by atoms with E-state index in [4.69, 9.17) is 0 Å². The second-order valence-corrected chi connectivity index (χ2v) is 6.96. The molecule has 20 heavy (non-hydrogen) atoms. The molecule has 0 spiro atoms. The molecule has 0 bridgehead atoms. The van der Waals surface area contributed by atoms with Gasteiger partial charge in [0.25, 0.3) is 0 Å². The Kier molecular flexibility index (Phi) is 3.28. The van der Waals surface area contributed by atoms with Gasteiger partial charge in [0, 0.05) is 16.5 Å². The molecule has 0 heterocycles. The zero-order valence-corrected chi connectivity index (χ0v) is 12.0. The summed E-state index contributed by atoms with van der Waals surface area (Å²) < 4.78 is 17.4. The van der Waals surface area contributed by atoms with Crippen molar-refractivity contribution < 1.29 is 4.21 Å². The lowest BCUT2D eigenvalue weighted by atomic mass is 10.1. The Balaban J connectivity index is 2.22. The summed E-state index contributed by atoms with van der Waals surface area (Å²) in [6, 6.07) is 23.3. The minimum Gasteiger partial charge on any atom is -0.245 e. The molecule has 3 heteroatoms. The zero-order chi connectivity index (χ0) is 14.0. The lowest BCUT2D eigenvalue weighted by molar-refractivity contribution is 0.681. The first-order valence-electron chi connectivity index (χ1n) is 6.42. The summed E-state index contributed by atoms with van der Waals surface area (Å²) in [4.78, 5) is 0.757. The molecule has 3 rings (SSSR count). The average Bonchev–Trinajstić information content (AvgIpc) is 2.48. The molecular weight excluding hydrogens is 266 g/mol. The minimum absolute atomic E-state index is 0.757. The van der Waals surface area contributed by atoms with Crippen LogP contribution in [0, 0.1) is 0 Å². The van der Waals surface area contributed by atoms with E-state index < -0.39 is 9.73 Å². The Morgan fingerprint density at radius 2 is 1.45 bits per heavy atom. The van der Waals surface area contributed by atoms with Gasteiger partial charge in [0.2, 0.25) is 0 Å². The predicted molar refractivity (Wildman–Crippen MR) is 84.8 cm³/mol. The Morgan fingerprint density at radius 1 is 0.800 bits per heavy atom. The molecule has 100 valence electrons. The fourth-order valence-corrected chi connectivity index (χ4v) is 3.50. The van der Waals surface area contributed by atoms with Crippen molar-refractivity contribution in [1.82, 2.24) is 0 Å². The summed E-state index contributed by atoms with van der Waals surface area (Å²) in [7, 11) is -2.43. The molecule has 0 aliphatic carbocycles. The molecule has 2 nitrogen and oxygen atoms in total. The lowest BCUT2D eigenvalue weighted by Gasteiger charge is -2.06. The van der Waals surface area contributed by atoms with E-state index in [0.29, 0.717) is 0 Å². The van der Waals surface area contributed by atoms with E-state index in [2.05, 4.69) is 4.36 Å². The van der Waals surface area contributed by atoms with Crippen LogP contribution < -0.4 is 0 Å². The maximum atomic E-state index is 12.8. The predicted octanol–water partition coefficient (Wildman–Crippen LogP) is 4.63. The van der Waals surface area contributed by atoms with Crippen LogP contribution in [0.25, 0.3) is 10.8 Å². The number of fused-ring (bicyclic) bond motifs is 1. The Morgan fingerprint density at radius 3 is 2.25 bits per heavy atom. The van der Waals surface area contributed by atoms with Gasteiger partial charge in [-0.2, -0.15) is 4.36 Å². The maximum Gasteiger partial charge on any atom is 0.0811 e. The number of benzene rings is 3. The molecule has 0 aliphatic heterocycles. The van der Waals surface area contributed by atoms with Gasteiger partial charge < -0.3 is 0 Å². The molecule has 1 unspecified atom stereocenters. The Bertz CT molecular complexity index is 857. The Hall–Kier alpha value is -2.13. The molecule has 0 fully saturated rings. The average molecular weight is 281 g/mol. The fraction of sp³-hybridized carbons (Fsp3) is 0.0588. The molecule has 0 aliphatic rings. The van der Waals surface area contributed by atoms with Crippen LogP contribution in [0.1, 0.15) is 0 Å². The molecule has 0 aromatic heterocycles. The standard InChI is InChI=1S/C17H15NOS/c1-20(19,15-10-3-2-4-11-15)18-17-13-7-9-14-8-5-6-12-16(14)17/h2-13H,1H3. The summed E-state index contributed by atoms with van der Waals surface area (Å²) in [6.45, 7) is 0. The second-order valence-electron chi connectivity index (χ2n) is 4.71. The van der Waals surface area contributed by atoms with Crippen molar-refractivity contribution >= 4 is 26.2 Å². The summed E-state index contributed by atoms with van der Waals surface area (Å²) >= 11 is 0. The summed E-state index contributed by atoms with van der Waals surface area (Å²) in [5.41, 5.74) is 0.777. The molecule has 0 radical (unpaired) electrons. The number of hydrogen-bond acceptors (Lipinski definition) is 2. The highest BCUT2D eigenvalue weighted by Gasteiger charge is 2.07. The van der Waals surface area contributed by atoms with Crippen LogP contribution in [0.3, 0.4) is 0 Å². The molecular formula is C17H15NOS. The van der Waals surface area contributed by atoms with Crippen molar-refractivity contribution in [2.45, 2.75) is 4.90 Å². The van der Waals surface area contributed by atoms with E-state index in [1.807, 2.05) is 72.8 Å². The molecule has 0 amide bonds. The molecule has 3 aromatic rings. The third kappa shape index (κ3) is 2.45. The topological polar surface area (TPSA) is 29.4 Å². The molecule has 0 N–H and O–H groups in total. The third-order valence-corrected chi connectivity index (χ3v) is 4.91. The van der Waals surface area contributed by atoms with E-state index in [1.54, 1.807) is 6.26 Å². The van der Waals surface area contributed by atoms with Crippen molar-refractivity contribution in [3.05, 3.63) is 72.8 Å². The van der Waals surface area contributed by atoms with E-state index >= 15 is 0 Å². The van der Waals surface area contributed by atoms with Crippen molar-refractivity contribution in [1.29, 1.82) is 0 Å². The summed E-state index contributed by atoms with van der Waals surface area (Å²) in [6.07, 6.45) is 1.68. The largest absolute Gasteiger partial charge is 0.245 e. The van der Waals surface area contributed by atoms with Crippen molar-refractivity contribution in [3.63, 3.8) is 0 Å². The molecule has 1 atom stereocenters. The zero-order valence-electron chi connectivity index (χ0n) is 11.2. The van der Waals surface area contributed by atoms with Crippen LogP contribution in [0.5, 0.6) is 0 Å². The van der Waals surface area contributed by atoms with Crippen LogP contribution in [0.15, 0.2) is 82.1 Å². The normalized spacial score (nSPS) is 13.8. The van der Waals surface area contributed by atoms with E-state index in [-0.39, 0.29) is 0 Å². The summed E-state index contributed by atoms with van der Waals surface area (Å²) in [5, 5.41) is 2.14. The number of nitrogens with zero attached hydrogens (tertiary/aromatic N) is 1. The fourth-order valence-electron chi connectivity index (χ4n) is 2.20. The van der Waals surface area contributed by atoms with E-state index in [1.165, 1.54) is 0 Å². The number of rotatable bonds is 2. The van der Waals surface area contributed by atoms with Crippen LogP contribution >= 0.6 is 0 Å². The monoisotopic (exact) mass is 281 g/mol. The Labute approximate surface area is 119 Å². The molecule has 0 saturated heterocycles. The van der Waals surface area contributed by atoms with Gasteiger partial charge in [0.15, 0.2) is 0 Å². The first-order valence-corrected chi connectivity index (χ1v) is 8.34. The molecule has 0 saturated carbocycles. The van der Waals surface area contributed by atoms with Gasteiger partial charge in [-0.25, -0.2) is 4.21 Å². The van der Waals surface area contributed by atoms with Crippen molar-refractivity contribution in [2.24, 2.45) is 4.36 Å². The maximum absolute atomic E-state index is 12.8. The van der Waals surface area contributed by atoms with Gasteiger partial charge in [-0.1, -0.05) is 54.6 Å². The second kappa shape index (κ2) is 5.10. The third-order valence-electron chi connectivity index (χ3n) is 3.22. The minimum atomic E-state index is -2.43. The van der Waals surface area contributed by atoms with Crippen molar-refractivity contribution in [3.8, 4) is 0 Å². The first-order chi connectivity index (χ1) is 9.67. The van der Waals surface area contributed by atoms with Crippen LogP contribution in [-0.4, -0.2) is 10.5 Å². The van der Waals surface area contributed by atoms with Gasteiger partial charge in [0.1, 0.15) is 0 Å². The van der Waals surface area contributed by atoms with E-state index in [9.17, 15) is 4.21 Å². The molecule has 3 aromatic carbocycles. The lowest BCUT2D eigenvalue weighted by Crippen LogP contribution is -1.96.